The molecule has 2 heterocycles. The van der Waals surface area contributed by atoms with Gasteiger partial charge in [0.15, 0.2) is 0 Å². The van der Waals surface area contributed by atoms with Gasteiger partial charge in [-0.05, 0) is 60.9 Å². The van der Waals surface area contributed by atoms with Crippen LogP contribution in [0.3, 0.4) is 0 Å². The van der Waals surface area contributed by atoms with Gasteiger partial charge in [-0.1, -0.05) is 18.2 Å². The molecule has 0 saturated carbocycles. The number of aromatic nitrogens is 1. The van der Waals surface area contributed by atoms with Gasteiger partial charge in [-0.15, -0.1) is 0 Å². The van der Waals surface area contributed by atoms with Crippen molar-refractivity contribution in [3.05, 3.63) is 83.6 Å². The zero-order chi connectivity index (χ0) is 20.2. The Morgan fingerprint density at radius 2 is 1.76 bits per heavy atom. The van der Waals surface area contributed by atoms with E-state index in [4.69, 9.17) is 0 Å². The van der Waals surface area contributed by atoms with Crippen molar-refractivity contribution < 1.29 is 14.3 Å². The number of hydrogen-bond donors (Lipinski definition) is 1. The van der Waals surface area contributed by atoms with Crippen LogP contribution in [0, 0.1) is 0 Å². The molecule has 1 N–H and O–H groups in total. The van der Waals surface area contributed by atoms with Crippen LogP contribution in [0.25, 0.3) is 0 Å². The largest absolute Gasteiger partial charge is 0.465 e. The van der Waals surface area contributed by atoms with Crippen LogP contribution in [0.15, 0.2) is 66.9 Å². The van der Waals surface area contributed by atoms with Crippen LogP contribution in [0.2, 0.25) is 0 Å². The number of aryl methyl sites for hydroxylation is 1. The van der Waals surface area contributed by atoms with E-state index in [0.717, 1.165) is 25.2 Å². The summed E-state index contributed by atoms with van der Waals surface area (Å²) in [5, 5.41) is 2.81. The van der Waals surface area contributed by atoms with Crippen molar-refractivity contribution in [1.82, 2.24) is 4.98 Å². The van der Waals surface area contributed by atoms with E-state index in [-0.39, 0.29) is 5.91 Å². The van der Waals surface area contributed by atoms with E-state index in [1.807, 2.05) is 12.1 Å². The molecule has 0 spiro atoms. The highest BCUT2D eigenvalue weighted by atomic mass is 16.5. The summed E-state index contributed by atoms with van der Waals surface area (Å²) < 4.78 is 4.67. The number of carbonyl (C=O) groups excluding carboxylic acids is 2. The van der Waals surface area contributed by atoms with Crippen LogP contribution in [-0.4, -0.2) is 30.5 Å². The molecule has 0 fully saturated rings. The smallest absolute Gasteiger partial charge is 0.337 e. The Morgan fingerprint density at radius 3 is 2.48 bits per heavy atom. The number of fused-ring (bicyclic) bond motifs is 1. The minimum Gasteiger partial charge on any atom is -0.465 e. The molecule has 1 aromatic heterocycles. The van der Waals surface area contributed by atoms with Gasteiger partial charge in [0.2, 0.25) is 0 Å². The first kappa shape index (κ1) is 18.7. The topological polar surface area (TPSA) is 71.5 Å². The highest BCUT2D eigenvalue weighted by Crippen LogP contribution is 2.32. The summed E-state index contributed by atoms with van der Waals surface area (Å²) in [5.74, 6) is 0.159. The summed E-state index contributed by atoms with van der Waals surface area (Å²) >= 11 is 0. The van der Waals surface area contributed by atoms with Gasteiger partial charge in [0, 0.05) is 24.1 Å². The number of rotatable bonds is 4. The fourth-order valence-electron chi connectivity index (χ4n) is 3.46. The first-order valence-electron chi connectivity index (χ1n) is 9.47. The molecule has 4 rings (SSSR count). The minimum absolute atomic E-state index is 0.256. The highest BCUT2D eigenvalue weighted by Gasteiger charge is 2.19. The van der Waals surface area contributed by atoms with Crippen molar-refractivity contribution in [3.63, 3.8) is 0 Å². The number of nitrogens with zero attached hydrogens (tertiary/aromatic N) is 2. The van der Waals surface area contributed by atoms with Gasteiger partial charge in [-0.25, -0.2) is 9.78 Å². The van der Waals surface area contributed by atoms with Crippen LogP contribution >= 0.6 is 0 Å². The lowest BCUT2D eigenvalue weighted by molar-refractivity contribution is 0.0600. The lowest BCUT2D eigenvalue weighted by Crippen LogP contribution is -2.25. The van der Waals surface area contributed by atoms with Gasteiger partial charge in [0.25, 0.3) is 5.91 Å². The third-order valence-electron chi connectivity index (χ3n) is 4.96. The molecule has 1 amide bonds. The molecule has 1 aliphatic heterocycles. The number of esters is 1. The summed E-state index contributed by atoms with van der Waals surface area (Å²) in [4.78, 5) is 30.7. The molecule has 0 aliphatic carbocycles. The number of hydrogen-bond acceptors (Lipinski definition) is 5. The number of anilines is 3. The van der Waals surface area contributed by atoms with Gasteiger partial charge >= 0.3 is 5.97 Å². The van der Waals surface area contributed by atoms with E-state index in [0.29, 0.717) is 16.8 Å². The highest BCUT2D eigenvalue weighted by molar-refractivity contribution is 6.04. The zero-order valence-electron chi connectivity index (χ0n) is 16.1. The monoisotopic (exact) mass is 387 g/mol. The summed E-state index contributed by atoms with van der Waals surface area (Å²) in [6.45, 7) is 0.905. The second-order valence-electron chi connectivity index (χ2n) is 6.81. The maximum atomic E-state index is 12.5. The summed E-state index contributed by atoms with van der Waals surface area (Å²) in [6.07, 6.45) is 3.73. The predicted octanol–water partition coefficient (Wildman–Crippen LogP) is 4.20. The van der Waals surface area contributed by atoms with Gasteiger partial charge in [-0.3, -0.25) is 4.79 Å². The quantitative estimate of drug-likeness (QED) is 0.679. The predicted molar refractivity (Wildman–Crippen MR) is 112 cm³/mol. The molecule has 0 saturated heterocycles. The lowest BCUT2D eigenvalue weighted by atomic mass is 10.0. The Balaban J connectivity index is 1.47. The number of para-hydroxylation sites is 1. The molecule has 2 aromatic carbocycles. The standard InChI is InChI=1S/C23H21N3O3/c1-29-23(28)17-8-11-19(12-9-17)25-22(27)18-10-13-21(24-15-18)26-14-4-6-16-5-2-3-7-20(16)26/h2-3,5,7-13,15H,4,6,14H2,1H3,(H,25,27). The molecule has 0 unspecified atom stereocenters. The van der Waals surface area contributed by atoms with Gasteiger partial charge in [0.1, 0.15) is 5.82 Å². The number of ether oxygens (including phenoxy) is 1. The van der Waals surface area contributed by atoms with Crippen molar-refractivity contribution in [3.8, 4) is 0 Å². The maximum Gasteiger partial charge on any atom is 0.337 e. The number of nitrogens with one attached hydrogen (secondary N) is 1. The minimum atomic E-state index is -0.415. The second-order valence-corrected chi connectivity index (χ2v) is 6.81. The van der Waals surface area contributed by atoms with Crippen molar-refractivity contribution in [2.75, 3.05) is 23.9 Å². The zero-order valence-corrected chi connectivity index (χ0v) is 16.1. The SMILES string of the molecule is COC(=O)c1ccc(NC(=O)c2ccc(N3CCCc4ccccc43)nc2)cc1. The number of amides is 1. The molecule has 146 valence electrons. The Hall–Kier alpha value is -3.67. The molecule has 1 aliphatic rings. The molecule has 0 bridgehead atoms. The molecule has 29 heavy (non-hydrogen) atoms. The van der Waals surface area contributed by atoms with Crippen molar-refractivity contribution >= 4 is 29.1 Å². The number of pyridine rings is 1. The Labute approximate surface area is 169 Å². The molecule has 3 aromatic rings. The van der Waals surface area contributed by atoms with E-state index in [1.54, 1.807) is 36.5 Å². The van der Waals surface area contributed by atoms with Crippen molar-refractivity contribution in [2.24, 2.45) is 0 Å². The maximum absolute atomic E-state index is 12.5. The molecular formula is C23H21N3O3. The van der Waals surface area contributed by atoms with E-state index in [1.165, 1.54) is 18.4 Å². The van der Waals surface area contributed by atoms with E-state index >= 15 is 0 Å². The van der Waals surface area contributed by atoms with Crippen LogP contribution in [0.1, 0.15) is 32.7 Å². The van der Waals surface area contributed by atoms with Crippen molar-refractivity contribution in [2.45, 2.75) is 12.8 Å². The molecule has 0 radical (unpaired) electrons. The summed E-state index contributed by atoms with van der Waals surface area (Å²) in [5.41, 5.74) is 3.98. The van der Waals surface area contributed by atoms with Crippen LogP contribution < -0.4 is 10.2 Å². The lowest BCUT2D eigenvalue weighted by Gasteiger charge is -2.30. The Morgan fingerprint density at radius 1 is 1.00 bits per heavy atom. The normalized spacial score (nSPS) is 12.8. The first-order chi connectivity index (χ1) is 14.2. The fourth-order valence-corrected chi connectivity index (χ4v) is 3.46. The molecule has 6 heteroatoms. The number of benzene rings is 2. The third kappa shape index (κ3) is 3.96. The van der Waals surface area contributed by atoms with Gasteiger partial charge in [0.05, 0.1) is 18.2 Å². The average Bonchev–Trinajstić information content (AvgIpc) is 2.78. The second kappa shape index (κ2) is 8.14. The van der Waals surface area contributed by atoms with E-state index in [2.05, 4.69) is 38.1 Å². The van der Waals surface area contributed by atoms with Gasteiger partial charge in [-0.2, -0.15) is 0 Å². The van der Waals surface area contributed by atoms with Gasteiger partial charge < -0.3 is 15.0 Å². The molecule has 0 atom stereocenters. The molecular weight excluding hydrogens is 366 g/mol. The van der Waals surface area contributed by atoms with Crippen molar-refractivity contribution in [1.29, 1.82) is 0 Å². The molecule has 6 nitrogen and oxygen atoms in total. The third-order valence-corrected chi connectivity index (χ3v) is 4.96. The van der Waals surface area contributed by atoms with E-state index < -0.39 is 5.97 Å². The fraction of sp³-hybridized carbons (Fsp3) is 0.174. The average molecular weight is 387 g/mol. The summed E-state index contributed by atoms with van der Waals surface area (Å²) in [6, 6.07) is 18.5. The van der Waals surface area contributed by atoms with E-state index in [9.17, 15) is 9.59 Å². The first-order valence-corrected chi connectivity index (χ1v) is 9.47. The van der Waals surface area contributed by atoms with Crippen LogP contribution in [0.5, 0.6) is 0 Å². The van der Waals surface area contributed by atoms with Crippen LogP contribution in [0.4, 0.5) is 17.2 Å². The Kier molecular flexibility index (Phi) is 5.24. The number of carbonyl (C=O) groups is 2. The number of methoxy groups -OCH3 is 1. The van der Waals surface area contributed by atoms with Crippen LogP contribution in [-0.2, 0) is 11.2 Å². The summed E-state index contributed by atoms with van der Waals surface area (Å²) in [7, 11) is 1.33. The Bertz CT molecular complexity index is 1030.